The summed E-state index contributed by atoms with van der Waals surface area (Å²) in [6.07, 6.45) is 1.67. The van der Waals surface area contributed by atoms with Gasteiger partial charge in [0.05, 0.1) is 33.8 Å². The number of amides is 2. The zero-order valence-electron chi connectivity index (χ0n) is 20.2. The van der Waals surface area contributed by atoms with Gasteiger partial charge in [-0.1, -0.05) is 35.9 Å². The minimum absolute atomic E-state index is 0.160. The highest BCUT2D eigenvalue weighted by Crippen LogP contribution is 2.37. The van der Waals surface area contributed by atoms with Crippen molar-refractivity contribution >= 4 is 51.6 Å². The minimum atomic E-state index is -0.357. The predicted octanol–water partition coefficient (Wildman–Crippen LogP) is 6.17. The Labute approximate surface area is 233 Å². The van der Waals surface area contributed by atoms with Gasteiger partial charge >= 0.3 is 0 Å². The molecule has 9 heteroatoms. The van der Waals surface area contributed by atoms with Gasteiger partial charge in [-0.15, -0.1) is 0 Å². The lowest BCUT2D eigenvalue weighted by Crippen LogP contribution is -2.32. The van der Waals surface area contributed by atoms with Crippen molar-refractivity contribution in [2.24, 2.45) is 0 Å². The Morgan fingerprint density at radius 2 is 1.84 bits per heavy atom. The number of thioether (sulfide) groups is 1. The molecule has 1 fully saturated rings. The van der Waals surface area contributed by atoms with E-state index in [-0.39, 0.29) is 30.9 Å². The van der Waals surface area contributed by atoms with E-state index in [9.17, 15) is 14.9 Å². The van der Waals surface area contributed by atoms with Crippen LogP contribution in [0.1, 0.15) is 22.3 Å². The molecule has 0 N–H and O–H groups in total. The molecule has 7 nitrogen and oxygen atoms in total. The Kier molecular flexibility index (Phi) is 8.74. The second-order valence-corrected chi connectivity index (χ2v) is 10.2. The molecular weight excluding hydrogens is 603 g/mol. The third kappa shape index (κ3) is 6.45. The van der Waals surface area contributed by atoms with Gasteiger partial charge in [-0.05, 0) is 83.2 Å². The van der Waals surface area contributed by atoms with Crippen molar-refractivity contribution in [3.63, 3.8) is 0 Å². The van der Waals surface area contributed by atoms with Crippen LogP contribution in [0.5, 0.6) is 17.2 Å². The summed E-state index contributed by atoms with van der Waals surface area (Å²) in [5, 5.41) is 8.98. The molecule has 1 saturated heterocycles. The first-order chi connectivity index (χ1) is 17.9. The summed E-state index contributed by atoms with van der Waals surface area (Å²) in [4.78, 5) is 26.9. The molecule has 1 aliphatic heterocycles. The molecule has 3 aromatic rings. The summed E-state index contributed by atoms with van der Waals surface area (Å²) >= 11 is 3.03. The number of methoxy groups -OCH3 is 1. The maximum atomic E-state index is 12.9. The van der Waals surface area contributed by atoms with Gasteiger partial charge in [0.25, 0.3) is 11.1 Å². The lowest BCUT2D eigenvalue weighted by molar-refractivity contribution is -0.123. The number of hydrogen-bond donors (Lipinski definition) is 0. The van der Waals surface area contributed by atoms with E-state index >= 15 is 0 Å². The first-order valence-corrected chi connectivity index (χ1v) is 13.2. The Hall–Kier alpha value is -3.49. The topological polar surface area (TPSA) is 88.9 Å². The number of hydrogen-bond acceptors (Lipinski definition) is 7. The zero-order valence-corrected chi connectivity index (χ0v) is 23.2. The maximum Gasteiger partial charge on any atom is 0.293 e. The summed E-state index contributed by atoms with van der Waals surface area (Å²) in [6.45, 7) is 2.57. The SMILES string of the molecule is COc1cc(/C=C2\SC(=O)N(CCOc3ccc(C)cc3)C2=O)cc(I)c1OCc1ccccc1C#N. The number of aryl methyl sites for hydroxylation is 1. The summed E-state index contributed by atoms with van der Waals surface area (Å²) in [5.74, 6) is 1.35. The highest BCUT2D eigenvalue weighted by molar-refractivity contribution is 14.1. The van der Waals surface area contributed by atoms with Gasteiger partial charge in [0, 0.05) is 5.56 Å². The molecule has 0 aliphatic carbocycles. The molecule has 188 valence electrons. The number of benzene rings is 3. The first-order valence-electron chi connectivity index (χ1n) is 11.3. The van der Waals surface area contributed by atoms with Crippen molar-refractivity contribution in [1.29, 1.82) is 5.26 Å². The Balaban J connectivity index is 1.45. The van der Waals surface area contributed by atoms with E-state index in [1.807, 2.05) is 49.4 Å². The number of imide groups is 1. The Morgan fingerprint density at radius 3 is 2.57 bits per heavy atom. The number of carbonyl (C=O) groups is 2. The van der Waals surface area contributed by atoms with Gasteiger partial charge in [-0.3, -0.25) is 14.5 Å². The second kappa shape index (κ2) is 12.2. The van der Waals surface area contributed by atoms with Gasteiger partial charge in [-0.25, -0.2) is 0 Å². The van der Waals surface area contributed by atoms with Crippen molar-refractivity contribution < 1.29 is 23.8 Å². The van der Waals surface area contributed by atoms with Crippen LogP contribution < -0.4 is 14.2 Å². The molecule has 1 aliphatic rings. The van der Waals surface area contributed by atoms with Crippen LogP contribution in [0.4, 0.5) is 4.79 Å². The number of halogens is 1. The standard InChI is InChI=1S/C28H23IN2O5S/c1-18-7-9-22(10-8-18)35-12-11-31-27(32)25(37-28(31)33)15-19-13-23(29)26(24(14-19)34-2)36-17-21-6-4-3-5-20(21)16-30/h3-10,13-15H,11-12,17H2,1-2H3/b25-15-. The smallest absolute Gasteiger partial charge is 0.293 e. The maximum absolute atomic E-state index is 12.9. The molecule has 2 amide bonds. The van der Waals surface area contributed by atoms with Gasteiger partial charge in [0.15, 0.2) is 11.5 Å². The molecule has 0 aromatic heterocycles. The summed E-state index contributed by atoms with van der Waals surface area (Å²) in [7, 11) is 1.53. The molecule has 1 heterocycles. The average Bonchev–Trinajstić information content (AvgIpc) is 3.16. The molecule has 0 unspecified atom stereocenters. The number of carbonyl (C=O) groups excluding carboxylic acids is 2. The van der Waals surface area contributed by atoms with E-state index in [4.69, 9.17) is 14.2 Å². The van der Waals surface area contributed by atoms with Crippen molar-refractivity contribution in [1.82, 2.24) is 4.90 Å². The fraction of sp³-hybridized carbons (Fsp3) is 0.179. The lowest BCUT2D eigenvalue weighted by atomic mass is 10.1. The molecule has 0 saturated carbocycles. The lowest BCUT2D eigenvalue weighted by Gasteiger charge is -2.14. The van der Waals surface area contributed by atoms with Gasteiger partial charge < -0.3 is 14.2 Å². The van der Waals surface area contributed by atoms with Crippen molar-refractivity contribution in [3.8, 4) is 23.3 Å². The van der Waals surface area contributed by atoms with Crippen molar-refractivity contribution in [2.45, 2.75) is 13.5 Å². The van der Waals surface area contributed by atoms with Crippen molar-refractivity contribution in [2.75, 3.05) is 20.3 Å². The summed E-state index contributed by atoms with van der Waals surface area (Å²) < 4.78 is 18.0. The van der Waals surface area contributed by atoms with E-state index in [0.29, 0.717) is 33.3 Å². The van der Waals surface area contributed by atoms with Crippen LogP contribution in [0.2, 0.25) is 0 Å². The number of rotatable bonds is 9. The molecule has 0 radical (unpaired) electrons. The minimum Gasteiger partial charge on any atom is -0.493 e. The van der Waals surface area contributed by atoms with Crippen LogP contribution in [0.3, 0.4) is 0 Å². The van der Waals surface area contributed by atoms with Crippen LogP contribution in [-0.2, 0) is 11.4 Å². The summed E-state index contributed by atoms with van der Waals surface area (Å²) in [6, 6.07) is 20.6. The van der Waals surface area contributed by atoms with E-state index < -0.39 is 0 Å². The van der Waals surface area contributed by atoms with Crippen LogP contribution in [0, 0.1) is 21.8 Å². The number of nitriles is 1. The van der Waals surface area contributed by atoms with Crippen LogP contribution in [-0.4, -0.2) is 36.3 Å². The number of ether oxygens (including phenoxy) is 3. The number of nitrogens with zero attached hydrogens (tertiary/aromatic N) is 2. The fourth-order valence-electron chi connectivity index (χ4n) is 3.60. The average molecular weight is 626 g/mol. The Morgan fingerprint density at radius 1 is 1.08 bits per heavy atom. The van der Waals surface area contributed by atoms with Crippen LogP contribution in [0.15, 0.2) is 65.6 Å². The van der Waals surface area contributed by atoms with Crippen molar-refractivity contribution in [3.05, 3.63) is 91.4 Å². The molecule has 0 bridgehead atoms. The molecule has 37 heavy (non-hydrogen) atoms. The first kappa shape index (κ1) is 26.6. The van der Waals surface area contributed by atoms with Gasteiger partial charge in [0.2, 0.25) is 0 Å². The monoisotopic (exact) mass is 626 g/mol. The van der Waals surface area contributed by atoms with E-state index in [1.165, 1.54) is 12.0 Å². The third-order valence-electron chi connectivity index (χ3n) is 5.54. The van der Waals surface area contributed by atoms with Crippen LogP contribution in [0.25, 0.3) is 6.08 Å². The molecule has 4 rings (SSSR count). The summed E-state index contributed by atoms with van der Waals surface area (Å²) in [5.41, 5.74) is 3.14. The van der Waals surface area contributed by atoms with E-state index in [2.05, 4.69) is 28.7 Å². The van der Waals surface area contributed by atoms with Gasteiger partial charge in [-0.2, -0.15) is 5.26 Å². The van der Waals surface area contributed by atoms with Crippen LogP contribution >= 0.6 is 34.4 Å². The third-order valence-corrected chi connectivity index (χ3v) is 7.25. The highest BCUT2D eigenvalue weighted by Gasteiger charge is 2.35. The molecule has 0 spiro atoms. The molecule has 0 atom stereocenters. The predicted molar refractivity (Wildman–Crippen MR) is 151 cm³/mol. The normalized spacial score (nSPS) is 14.1. The second-order valence-electron chi connectivity index (χ2n) is 8.09. The fourth-order valence-corrected chi connectivity index (χ4v) is 5.25. The quantitative estimate of drug-likeness (QED) is 0.207. The Bertz CT molecular complexity index is 1400. The largest absolute Gasteiger partial charge is 0.493 e. The van der Waals surface area contributed by atoms with E-state index in [1.54, 1.807) is 24.3 Å². The zero-order chi connectivity index (χ0) is 26.4. The van der Waals surface area contributed by atoms with E-state index in [0.717, 1.165) is 26.5 Å². The van der Waals surface area contributed by atoms with Gasteiger partial charge in [0.1, 0.15) is 19.0 Å². The highest BCUT2D eigenvalue weighted by atomic mass is 127. The molecule has 3 aromatic carbocycles. The molecular formula is C28H23IN2O5S.